The molecule has 4 rings (SSSR count). The van der Waals surface area contributed by atoms with Gasteiger partial charge in [-0.3, -0.25) is 10.2 Å². The van der Waals surface area contributed by atoms with Gasteiger partial charge < -0.3 is 14.9 Å². The molecule has 0 spiro atoms. The predicted molar refractivity (Wildman–Crippen MR) is 148 cm³/mol. The Kier molecular flexibility index (Phi) is 7.68. The van der Waals surface area contributed by atoms with Gasteiger partial charge in [0.05, 0.1) is 11.4 Å². The van der Waals surface area contributed by atoms with E-state index in [4.69, 9.17) is 16.3 Å². The van der Waals surface area contributed by atoms with Crippen molar-refractivity contribution in [1.82, 2.24) is 0 Å². The molecule has 10 heteroatoms. The van der Waals surface area contributed by atoms with E-state index in [-0.39, 0.29) is 17.1 Å². The molecule has 0 radical (unpaired) electrons. The number of amides is 1. The molecule has 0 bridgehead atoms. The molecule has 38 heavy (non-hydrogen) atoms. The van der Waals surface area contributed by atoms with E-state index in [2.05, 4.69) is 15.6 Å². The third-order valence-electron chi connectivity index (χ3n) is 6.16. The molecule has 0 aromatic heterocycles. The monoisotopic (exact) mass is 534 g/mol. The Morgan fingerprint density at radius 3 is 2.58 bits per heavy atom. The van der Waals surface area contributed by atoms with Crippen LogP contribution in [-0.4, -0.2) is 39.6 Å². The Labute approximate surface area is 225 Å². The van der Waals surface area contributed by atoms with Gasteiger partial charge in [0.25, 0.3) is 0 Å². The van der Waals surface area contributed by atoms with Crippen LogP contribution in [0.4, 0.5) is 11.4 Å². The van der Waals surface area contributed by atoms with Gasteiger partial charge >= 0.3 is 11.9 Å². The van der Waals surface area contributed by atoms with Crippen molar-refractivity contribution in [2.75, 3.05) is 10.4 Å². The number of hydrogen-bond acceptors (Lipinski definition) is 7. The van der Waals surface area contributed by atoms with Crippen molar-refractivity contribution < 1.29 is 24.5 Å². The number of aliphatic carboxylic acids is 1. The van der Waals surface area contributed by atoms with Gasteiger partial charge in [0.1, 0.15) is 17.2 Å². The molecule has 1 atom stereocenters. The summed E-state index contributed by atoms with van der Waals surface area (Å²) in [4.78, 5) is 24.4. The number of benzene rings is 3. The Hall–Kier alpha value is -4.37. The van der Waals surface area contributed by atoms with E-state index < -0.39 is 18.0 Å². The van der Waals surface area contributed by atoms with E-state index >= 15 is 0 Å². The predicted octanol–water partition coefficient (Wildman–Crippen LogP) is 5.76. The summed E-state index contributed by atoms with van der Waals surface area (Å²) in [6.45, 7) is 7.34. The zero-order chi connectivity index (χ0) is 27.6. The second-order valence-electron chi connectivity index (χ2n) is 8.87. The van der Waals surface area contributed by atoms with Gasteiger partial charge in [-0.1, -0.05) is 36.7 Å². The summed E-state index contributed by atoms with van der Waals surface area (Å²) in [7, 11) is 0. The molecule has 1 amide bonds. The second-order valence-corrected chi connectivity index (χ2v) is 9.31. The number of hydrazone groups is 2. The lowest BCUT2D eigenvalue weighted by Gasteiger charge is -2.15. The first-order chi connectivity index (χ1) is 18.1. The Morgan fingerprint density at radius 1 is 1.13 bits per heavy atom. The quantitative estimate of drug-likeness (QED) is 0.249. The molecule has 0 saturated heterocycles. The van der Waals surface area contributed by atoms with Crippen LogP contribution in [0.2, 0.25) is 5.02 Å². The lowest BCUT2D eigenvalue weighted by atomic mass is 10.0. The number of rotatable bonds is 8. The number of carbonyl (C=O) groups excluding carboxylic acids is 1. The van der Waals surface area contributed by atoms with Crippen molar-refractivity contribution in [3.8, 4) is 22.6 Å². The topological polar surface area (TPSA) is 124 Å². The first-order valence-electron chi connectivity index (χ1n) is 11.9. The van der Waals surface area contributed by atoms with E-state index in [9.17, 15) is 19.8 Å². The number of nitrogens with one attached hydrogen (secondary N) is 1. The fraction of sp³-hybridized carbons (Fsp3) is 0.214. The molecule has 9 nitrogen and oxygen atoms in total. The number of nitrogens with zero attached hydrogens (tertiary/aromatic N) is 3. The fourth-order valence-corrected chi connectivity index (χ4v) is 4.11. The lowest BCUT2D eigenvalue weighted by molar-refractivity contribution is -0.145. The SMILES string of the molecule is CCC(Oc1cccc(-c2cc(Cl)cc(NN=C3C(=O)N(c4ccc(C)c(C)c4)N=C3C)c2O)c1)C(=O)O. The molecule has 1 aliphatic heterocycles. The van der Waals surface area contributed by atoms with Crippen molar-refractivity contribution in [2.24, 2.45) is 10.2 Å². The van der Waals surface area contributed by atoms with Crippen molar-refractivity contribution in [3.63, 3.8) is 0 Å². The van der Waals surface area contributed by atoms with Crippen LogP contribution in [0.15, 0.2) is 64.8 Å². The Balaban J connectivity index is 1.61. The van der Waals surface area contributed by atoms with Crippen molar-refractivity contribution in [3.05, 3.63) is 70.7 Å². The number of carbonyl (C=O) groups is 2. The Bertz CT molecular complexity index is 1480. The van der Waals surface area contributed by atoms with Crippen LogP contribution in [0.5, 0.6) is 11.5 Å². The number of aryl methyl sites for hydroxylation is 2. The molecular formula is C28H27ClN4O5. The minimum atomic E-state index is -1.06. The van der Waals surface area contributed by atoms with E-state index in [0.717, 1.165) is 11.1 Å². The maximum Gasteiger partial charge on any atom is 0.344 e. The first-order valence-corrected chi connectivity index (χ1v) is 12.3. The molecule has 196 valence electrons. The van der Waals surface area contributed by atoms with Gasteiger partial charge in [-0.15, -0.1) is 0 Å². The van der Waals surface area contributed by atoms with Crippen LogP contribution in [0, 0.1) is 13.8 Å². The third-order valence-corrected chi connectivity index (χ3v) is 6.37. The van der Waals surface area contributed by atoms with Gasteiger partial charge in [0.15, 0.2) is 11.8 Å². The van der Waals surface area contributed by atoms with E-state index in [1.807, 2.05) is 32.0 Å². The standard InChI is InChI=1S/C28H27ClN4O5/c1-5-24(28(36)37)38-21-8-6-7-18(12-21)22-13-19(29)14-23(26(22)34)30-31-25-17(4)32-33(27(25)35)20-10-9-15(2)16(3)11-20/h6-14,24,30,34H,5H2,1-4H3,(H,36,37). The highest BCUT2D eigenvalue weighted by Gasteiger charge is 2.31. The van der Waals surface area contributed by atoms with Crippen LogP contribution in [-0.2, 0) is 9.59 Å². The fourth-order valence-electron chi connectivity index (χ4n) is 3.89. The maximum atomic E-state index is 13.1. The number of hydrogen-bond donors (Lipinski definition) is 3. The number of carboxylic acid groups (broad SMARTS) is 1. The van der Waals surface area contributed by atoms with Gasteiger partial charge in [-0.05, 0) is 80.3 Å². The smallest absolute Gasteiger partial charge is 0.344 e. The second kappa shape index (κ2) is 10.9. The zero-order valence-electron chi connectivity index (χ0n) is 21.3. The van der Waals surface area contributed by atoms with E-state index in [0.29, 0.717) is 39.7 Å². The normalized spacial score (nSPS) is 15.0. The summed E-state index contributed by atoms with van der Waals surface area (Å²) in [5, 5.41) is 30.5. The molecule has 0 aliphatic carbocycles. The molecule has 3 aromatic rings. The lowest BCUT2D eigenvalue weighted by Crippen LogP contribution is -2.28. The van der Waals surface area contributed by atoms with Crippen molar-refractivity contribution in [1.29, 1.82) is 0 Å². The van der Waals surface area contributed by atoms with Crippen molar-refractivity contribution in [2.45, 2.75) is 40.2 Å². The van der Waals surface area contributed by atoms with E-state index in [1.54, 1.807) is 44.2 Å². The average Bonchev–Trinajstić information content (AvgIpc) is 3.17. The largest absolute Gasteiger partial charge is 0.505 e. The summed E-state index contributed by atoms with van der Waals surface area (Å²) < 4.78 is 5.58. The minimum Gasteiger partial charge on any atom is -0.505 e. The number of anilines is 2. The van der Waals surface area contributed by atoms with Crippen LogP contribution in [0.1, 0.15) is 31.4 Å². The summed E-state index contributed by atoms with van der Waals surface area (Å²) in [6.07, 6.45) is -0.706. The molecule has 0 fully saturated rings. The van der Waals surface area contributed by atoms with Crippen molar-refractivity contribution >= 4 is 46.3 Å². The number of carboxylic acids is 1. The van der Waals surface area contributed by atoms with Gasteiger partial charge in [0, 0.05) is 10.6 Å². The van der Waals surface area contributed by atoms with Gasteiger partial charge in [-0.25, -0.2) is 4.79 Å². The highest BCUT2D eigenvalue weighted by molar-refractivity contribution is 6.71. The minimum absolute atomic E-state index is 0.0961. The van der Waals surface area contributed by atoms with Gasteiger partial charge in [0.2, 0.25) is 0 Å². The molecule has 3 N–H and O–H groups in total. The highest BCUT2D eigenvalue weighted by atomic mass is 35.5. The number of aromatic hydroxyl groups is 1. The van der Waals surface area contributed by atoms with Crippen LogP contribution in [0.25, 0.3) is 11.1 Å². The molecule has 1 aliphatic rings. The van der Waals surface area contributed by atoms with Crippen LogP contribution in [0.3, 0.4) is 0 Å². The van der Waals surface area contributed by atoms with Gasteiger partial charge in [-0.2, -0.15) is 15.2 Å². The number of phenols is 1. The molecule has 1 unspecified atom stereocenters. The Morgan fingerprint density at radius 2 is 1.89 bits per heavy atom. The molecule has 0 saturated carbocycles. The average molecular weight is 535 g/mol. The van der Waals surface area contributed by atoms with Crippen LogP contribution >= 0.6 is 11.6 Å². The molecular weight excluding hydrogens is 508 g/mol. The third kappa shape index (κ3) is 5.47. The number of ether oxygens (including phenoxy) is 1. The summed E-state index contributed by atoms with van der Waals surface area (Å²) in [6, 6.07) is 15.3. The molecule has 3 aromatic carbocycles. The summed E-state index contributed by atoms with van der Waals surface area (Å²) >= 11 is 6.34. The number of halogens is 1. The first kappa shape index (κ1) is 26.7. The van der Waals surface area contributed by atoms with E-state index in [1.165, 1.54) is 11.1 Å². The summed E-state index contributed by atoms with van der Waals surface area (Å²) in [5.74, 6) is -1.30. The number of phenolic OH excluding ortho intramolecular Hbond substituents is 1. The molecule has 1 heterocycles. The van der Waals surface area contributed by atoms with Crippen LogP contribution < -0.4 is 15.2 Å². The highest BCUT2D eigenvalue weighted by Crippen LogP contribution is 2.39. The summed E-state index contributed by atoms with van der Waals surface area (Å²) in [5.41, 5.74) is 7.12. The maximum absolute atomic E-state index is 13.1. The zero-order valence-corrected chi connectivity index (χ0v) is 22.1.